The van der Waals surface area contributed by atoms with Crippen LogP contribution in [0, 0.1) is 0 Å². The number of nitrogens with zero attached hydrogens (tertiary/aromatic N) is 1. The van der Waals surface area contributed by atoms with Gasteiger partial charge in [-0.15, -0.1) is 0 Å². The summed E-state index contributed by atoms with van der Waals surface area (Å²) in [5.41, 5.74) is 0.309. The van der Waals surface area contributed by atoms with Crippen LogP contribution in [0.25, 0.3) is 0 Å². The molecule has 18 heavy (non-hydrogen) atoms. The third-order valence-corrected chi connectivity index (χ3v) is 4.73. The average molecular weight is 266 g/mol. The number of piperidine rings is 2. The van der Waals surface area contributed by atoms with Crippen molar-refractivity contribution in [2.75, 3.05) is 13.1 Å². The van der Waals surface area contributed by atoms with Crippen molar-refractivity contribution in [3.63, 3.8) is 0 Å². The van der Waals surface area contributed by atoms with Crippen LogP contribution < -0.4 is 0 Å². The second-order valence-corrected chi connectivity index (χ2v) is 6.12. The van der Waals surface area contributed by atoms with Crippen molar-refractivity contribution in [1.29, 1.82) is 0 Å². The molecule has 0 spiro atoms. The van der Waals surface area contributed by atoms with Crippen molar-refractivity contribution in [3.05, 3.63) is 34.9 Å². The minimum absolute atomic E-state index is 0.552. The van der Waals surface area contributed by atoms with Crippen molar-refractivity contribution < 1.29 is 5.11 Å². The van der Waals surface area contributed by atoms with E-state index in [1.54, 1.807) is 0 Å². The van der Waals surface area contributed by atoms with Crippen LogP contribution in [-0.4, -0.2) is 29.1 Å². The molecule has 2 atom stereocenters. The molecule has 2 nitrogen and oxygen atoms in total. The van der Waals surface area contributed by atoms with Gasteiger partial charge in [0, 0.05) is 17.6 Å². The number of benzene rings is 1. The van der Waals surface area contributed by atoms with Crippen molar-refractivity contribution in [2.24, 2.45) is 0 Å². The summed E-state index contributed by atoms with van der Waals surface area (Å²) in [7, 11) is 0. The summed E-state index contributed by atoms with van der Waals surface area (Å²) in [5.74, 6) is 0. The molecule has 2 aliphatic rings. The van der Waals surface area contributed by atoms with Gasteiger partial charge in [0.2, 0.25) is 0 Å². The number of hydrogen-bond donors (Lipinski definition) is 1. The molecule has 3 rings (SSSR count). The van der Waals surface area contributed by atoms with E-state index in [0.29, 0.717) is 11.1 Å². The summed E-state index contributed by atoms with van der Waals surface area (Å²) in [5, 5.41) is 11.6. The van der Waals surface area contributed by atoms with Gasteiger partial charge in [-0.1, -0.05) is 30.2 Å². The van der Waals surface area contributed by atoms with E-state index in [4.69, 9.17) is 11.6 Å². The molecule has 2 aliphatic heterocycles. The highest BCUT2D eigenvalue weighted by molar-refractivity contribution is 6.30. The van der Waals surface area contributed by atoms with E-state index in [2.05, 4.69) is 4.90 Å². The van der Waals surface area contributed by atoms with Gasteiger partial charge in [0.25, 0.3) is 0 Å². The molecular weight excluding hydrogens is 246 g/mol. The lowest BCUT2D eigenvalue weighted by Gasteiger charge is -2.46. The number of halogens is 1. The highest BCUT2D eigenvalue weighted by Crippen LogP contribution is 2.39. The van der Waals surface area contributed by atoms with Gasteiger partial charge in [0.1, 0.15) is 0 Å². The first kappa shape index (κ1) is 12.5. The lowest BCUT2D eigenvalue weighted by Crippen LogP contribution is -2.50. The lowest BCUT2D eigenvalue weighted by atomic mass is 9.78. The summed E-state index contributed by atoms with van der Waals surface area (Å²) in [6.07, 6.45) is 5.51. The van der Waals surface area contributed by atoms with E-state index in [1.165, 1.54) is 25.8 Å². The Kier molecular flexibility index (Phi) is 3.35. The molecule has 0 amide bonds. The molecular formula is C15H20ClNO. The first-order valence-corrected chi connectivity index (χ1v) is 7.28. The summed E-state index contributed by atoms with van der Waals surface area (Å²) in [6.45, 7) is 2.21. The zero-order valence-corrected chi connectivity index (χ0v) is 11.4. The molecule has 2 fully saturated rings. The number of rotatable bonds is 1. The van der Waals surface area contributed by atoms with Crippen LogP contribution in [0.15, 0.2) is 24.3 Å². The van der Waals surface area contributed by atoms with Gasteiger partial charge in [0.15, 0.2) is 0 Å². The van der Waals surface area contributed by atoms with Crippen LogP contribution >= 0.6 is 11.6 Å². The molecule has 0 bridgehead atoms. The maximum Gasteiger partial charge on any atom is 0.0924 e. The van der Waals surface area contributed by atoms with Gasteiger partial charge in [0.05, 0.1) is 5.60 Å². The Morgan fingerprint density at radius 1 is 1.28 bits per heavy atom. The van der Waals surface area contributed by atoms with Crippen LogP contribution in [0.2, 0.25) is 5.02 Å². The van der Waals surface area contributed by atoms with Gasteiger partial charge in [-0.2, -0.15) is 0 Å². The molecule has 1 unspecified atom stereocenters. The highest BCUT2D eigenvalue weighted by atomic mass is 35.5. The van der Waals surface area contributed by atoms with E-state index in [9.17, 15) is 5.11 Å². The maximum atomic E-state index is 10.9. The van der Waals surface area contributed by atoms with Crippen LogP contribution in [-0.2, 0) is 5.60 Å². The molecule has 98 valence electrons. The first-order chi connectivity index (χ1) is 8.67. The quantitative estimate of drug-likeness (QED) is 0.843. The van der Waals surface area contributed by atoms with Crippen molar-refractivity contribution in [3.8, 4) is 0 Å². The Bertz CT molecular complexity index is 436. The Hall–Kier alpha value is -0.570. The Morgan fingerprint density at radius 3 is 3.00 bits per heavy atom. The fourth-order valence-electron chi connectivity index (χ4n) is 3.45. The molecule has 3 heteroatoms. The van der Waals surface area contributed by atoms with E-state index in [0.717, 1.165) is 24.9 Å². The van der Waals surface area contributed by atoms with E-state index < -0.39 is 5.60 Å². The second-order valence-electron chi connectivity index (χ2n) is 5.68. The molecule has 2 saturated heterocycles. The van der Waals surface area contributed by atoms with Crippen LogP contribution in [0.4, 0.5) is 0 Å². The minimum atomic E-state index is -0.677. The summed E-state index contributed by atoms with van der Waals surface area (Å²) in [4.78, 5) is 2.54. The predicted octanol–water partition coefficient (Wildman–Crippen LogP) is 3.18. The van der Waals surface area contributed by atoms with Gasteiger partial charge in [-0.25, -0.2) is 0 Å². The molecule has 0 radical (unpaired) electrons. The van der Waals surface area contributed by atoms with E-state index in [-0.39, 0.29) is 0 Å². The molecule has 0 aliphatic carbocycles. The average Bonchev–Trinajstić information content (AvgIpc) is 2.38. The van der Waals surface area contributed by atoms with Crippen LogP contribution in [0.1, 0.15) is 37.7 Å². The molecule has 0 aromatic heterocycles. The SMILES string of the molecule is O[C@@]1(c2cccc(Cl)c2)CCN2CCCCC2C1. The fourth-order valence-corrected chi connectivity index (χ4v) is 3.64. The highest BCUT2D eigenvalue weighted by Gasteiger charge is 2.40. The normalized spacial score (nSPS) is 33.1. The molecule has 1 N–H and O–H groups in total. The molecule has 0 saturated carbocycles. The first-order valence-electron chi connectivity index (χ1n) is 6.90. The maximum absolute atomic E-state index is 10.9. The van der Waals surface area contributed by atoms with Crippen molar-refractivity contribution in [1.82, 2.24) is 4.90 Å². The monoisotopic (exact) mass is 265 g/mol. The van der Waals surface area contributed by atoms with Crippen LogP contribution in [0.5, 0.6) is 0 Å². The third kappa shape index (κ3) is 2.29. The fraction of sp³-hybridized carbons (Fsp3) is 0.600. The standard InChI is InChI=1S/C15H20ClNO/c16-13-5-3-4-12(10-13)15(18)7-9-17-8-2-1-6-14(17)11-15/h3-5,10,14,18H,1-2,6-9,11H2/t14?,15-/m0/s1. The van der Waals surface area contributed by atoms with Crippen LogP contribution in [0.3, 0.4) is 0 Å². The van der Waals surface area contributed by atoms with E-state index >= 15 is 0 Å². The third-order valence-electron chi connectivity index (χ3n) is 4.50. The van der Waals surface area contributed by atoms with Crippen molar-refractivity contribution >= 4 is 11.6 Å². The topological polar surface area (TPSA) is 23.5 Å². The van der Waals surface area contributed by atoms with Gasteiger partial charge >= 0.3 is 0 Å². The summed E-state index contributed by atoms with van der Waals surface area (Å²) in [6, 6.07) is 8.27. The summed E-state index contributed by atoms with van der Waals surface area (Å²) < 4.78 is 0. The Morgan fingerprint density at radius 2 is 2.17 bits per heavy atom. The predicted molar refractivity (Wildman–Crippen MR) is 73.8 cm³/mol. The molecule has 2 heterocycles. The Balaban J connectivity index is 1.83. The zero-order chi connectivity index (χ0) is 12.6. The zero-order valence-electron chi connectivity index (χ0n) is 10.6. The largest absolute Gasteiger partial charge is 0.385 e. The number of hydrogen-bond acceptors (Lipinski definition) is 2. The number of fused-ring (bicyclic) bond motifs is 1. The van der Waals surface area contributed by atoms with Gasteiger partial charge < -0.3 is 10.0 Å². The van der Waals surface area contributed by atoms with Gasteiger partial charge in [-0.3, -0.25) is 0 Å². The molecule has 1 aromatic rings. The number of aliphatic hydroxyl groups is 1. The lowest BCUT2D eigenvalue weighted by molar-refractivity contribution is -0.0611. The van der Waals surface area contributed by atoms with E-state index in [1.807, 2.05) is 24.3 Å². The second kappa shape index (κ2) is 4.84. The summed E-state index contributed by atoms with van der Waals surface area (Å²) >= 11 is 6.04. The Labute approximate surface area is 114 Å². The van der Waals surface area contributed by atoms with Crippen molar-refractivity contribution in [2.45, 2.75) is 43.7 Å². The minimum Gasteiger partial charge on any atom is -0.385 e. The molecule has 1 aromatic carbocycles. The van der Waals surface area contributed by atoms with Gasteiger partial charge in [-0.05, 0) is 49.9 Å². The smallest absolute Gasteiger partial charge is 0.0924 e.